The molecule has 7 nitrogen and oxygen atoms in total. The number of amides is 1. The third-order valence-electron chi connectivity index (χ3n) is 5.16. The van der Waals surface area contributed by atoms with Crippen LogP contribution in [0.25, 0.3) is 5.69 Å². The maximum absolute atomic E-state index is 12.6. The van der Waals surface area contributed by atoms with Crippen molar-refractivity contribution < 1.29 is 4.79 Å². The lowest BCUT2D eigenvalue weighted by Crippen LogP contribution is -2.38. The van der Waals surface area contributed by atoms with E-state index in [0.29, 0.717) is 12.3 Å². The lowest BCUT2D eigenvalue weighted by Gasteiger charge is -2.32. The van der Waals surface area contributed by atoms with Gasteiger partial charge < -0.3 is 4.90 Å². The summed E-state index contributed by atoms with van der Waals surface area (Å²) >= 11 is 0. The van der Waals surface area contributed by atoms with E-state index < -0.39 is 0 Å². The largest absolute Gasteiger partial charge is 0.342 e. The van der Waals surface area contributed by atoms with Crippen LogP contribution in [-0.4, -0.2) is 48.9 Å². The van der Waals surface area contributed by atoms with Gasteiger partial charge in [-0.25, -0.2) is 0 Å². The van der Waals surface area contributed by atoms with Crippen LogP contribution in [-0.2, 0) is 11.2 Å². The van der Waals surface area contributed by atoms with Crippen molar-refractivity contribution in [1.29, 1.82) is 0 Å². The molecule has 0 spiro atoms. The molecule has 2 aromatic heterocycles. The molecule has 0 aliphatic carbocycles. The van der Waals surface area contributed by atoms with Gasteiger partial charge in [0.25, 0.3) is 0 Å². The summed E-state index contributed by atoms with van der Waals surface area (Å²) in [5, 5.41) is 14.7. The van der Waals surface area contributed by atoms with E-state index in [1.54, 1.807) is 12.7 Å². The molecule has 1 N–H and O–H groups in total. The fraction of sp³-hybridized carbons (Fsp3) is 0.368. The number of H-pyrrole nitrogens is 1. The van der Waals surface area contributed by atoms with Gasteiger partial charge in [0.1, 0.15) is 12.7 Å². The second kappa shape index (κ2) is 7.11. The Kier molecular flexibility index (Phi) is 4.51. The first kappa shape index (κ1) is 16.5. The summed E-state index contributed by atoms with van der Waals surface area (Å²) in [6, 6.07) is 7.96. The zero-order chi connectivity index (χ0) is 17.9. The lowest BCUT2D eigenvalue weighted by atomic mass is 9.89. The topological polar surface area (TPSA) is 79.7 Å². The van der Waals surface area contributed by atoms with Gasteiger partial charge in [0, 0.05) is 24.5 Å². The minimum Gasteiger partial charge on any atom is -0.342 e. The summed E-state index contributed by atoms with van der Waals surface area (Å²) in [5.41, 5.74) is 4.45. The molecule has 1 aromatic carbocycles. The third kappa shape index (κ3) is 3.37. The maximum atomic E-state index is 12.6. The number of piperidine rings is 1. The van der Waals surface area contributed by atoms with Crippen LogP contribution in [0.5, 0.6) is 0 Å². The van der Waals surface area contributed by atoms with Crippen LogP contribution in [0.2, 0.25) is 0 Å². The Morgan fingerprint density at radius 2 is 1.85 bits per heavy atom. The number of aromatic nitrogens is 5. The highest BCUT2D eigenvalue weighted by Gasteiger charge is 2.25. The standard InChI is InChI=1S/C19H22N6O/c1-14-18(11-20-23-14)16-6-8-24(9-7-16)19(26)10-15-2-4-17(5-3-15)25-12-21-22-13-25/h2-5,11-13,16H,6-10H2,1H3,(H,20,23). The van der Waals surface area contributed by atoms with Crippen molar-refractivity contribution in [3.8, 4) is 5.69 Å². The molecule has 0 unspecified atom stereocenters. The fourth-order valence-corrected chi connectivity index (χ4v) is 3.62. The van der Waals surface area contributed by atoms with Crippen LogP contribution in [0.3, 0.4) is 0 Å². The third-order valence-corrected chi connectivity index (χ3v) is 5.16. The fourth-order valence-electron chi connectivity index (χ4n) is 3.62. The Labute approximate surface area is 152 Å². The van der Waals surface area contributed by atoms with Crippen molar-refractivity contribution in [3.63, 3.8) is 0 Å². The zero-order valence-corrected chi connectivity index (χ0v) is 14.8. The van der Waals surface area contributed by atoms with E-state index in [1.807, 2.05) is 39.9 Å². The van der Waals surface area contributed by atoms with E-state index in [4.69, 9.17) is 0 Å². The number of benzene rings is 1. The van der Waals surface area contributed by atoms with Gasteiger partial charge in [-0.15, -0.1) is 10.2 Å². The number of carbonyl (C=O) groups is 1. The smallest absolute Gasteiger partial charge is 0.226 e. The summed E-state index contributed by atoms with van der Waals surface area (Å²) in [6.45, 7) is 3.68. The quantitative estimate of drug-likeness (QED) is 0.783. The maximum Gasteiger partial charge on any atom is 0.226 e. The highest BCUT2D eigenvalue weighted by atomic mass is 16.2. The predicted octanol–water partition coefficient (Wildman–Crippen LogP) is 2.25. The molecule has 1 aliphatic heterocycles. The first-order chi connectivity index (χ1) is 12.7. The first-order valence-corrected chi connectivity index (χ1v) is 8.92. The molecule has 4 rings (SSSR count). The molecule has 0 saturated carbocycles. The van der Waals surface area contributed by atoms with E-state index in [-0.39, 0.29) is 5.91 Å². The zero-order valence-electron chi connectivity index (χ0n) is 14.8. The number of hydrogen-bond acceptors (Lipinski definition) is 4. The van der Waals surface area contributed by atoms with Gasteiger partial charge in [-0.3, -0.25) is 14.5 Å². The number of nitrogens with one attached hydrogen (secondary N) is 1. The molecule has 1 fully saturated rings. The first-order valence-electron chi connectivity index (χ1n) is 8.92. The summed E-state index contributed by atoms with van der Waals surface area (Å²) in [4.78, 5) is 14.6. The van der Waals surface area contributed by atoms with Crippen LogP contribution in [0.4, 0.5) is 0 Å². The number of aryl methyl sites for hydroxylation is 1. The van der Waals surface area contributed by atoms with Crippen molar-refractivity contribution in [3.05, 3.63) is 59.9 Å². The second-order valence-corrected chi connectivity index (χ2v) is 6.82. The van der Waals surface area contributed by atoms with Gasteiger partial charge >= 0.3 is 0 Å². The molecule has 1 saturated heterocycles. The second-order valence-electron chi connectivity index (χ2n) is 6.82. The minimum atomic E-state index is 0.199. The predicted molar refractivity (Wildman–Crippen MR) is 96.9 cm³/mol. The van der Waals surface area contributed by atoms with Crippen LogP contribution < -0.4 is 0 Å². The van der Waals surface area contributed by atoms with Crippen molar-refractivity contribution in [1.82, 2.24) is 29.9 Å². The molecule has 1 aliphatic rings. The number of hydrogen-bond donors (Lipinski definition) is 1. The van der Waals surface area contributed by atoms with Crippen molar-refractivity contribution >= 4 is 5.91 Å². The summed E-state index contributed by atoms with van der Waals surface area (Å²) < 4.78 is 1.84. The van der Waals surface area contributed by atoms with Crippen molar-refractivity contribution in [2.45, 2.75) is 32.1 Å². The number of rotatable bonds is 4. The number of aromatic amines is 1. The Morgan fingerprint density at radius 3 is 2.46 bits per heavy atom. The van der Waals surface area contributed by atoms with Crippen LogP contribution >= 0.6 is 0 Å². The molecule has 7 heteroatoms. The van der Waals surface area contributed by atoms with E-state index in [2.05, 4.69) is 27.3 Å². The van der Waals surface area contributed by atoms with Gasteiger partial charge in [0.05, 0.1) is 12.6 Å². The van der Waals surface area contributed by atoms with E-state index in [1.165, 1.54) is 5.56 Å². The van der Waals surface area contributed by atoms with Gasteiger partial charge in [0.2, 0.25) is 5.91 Å². The highest BCUT2D eigenvalue weighted by molar-refractivity contribution is 5.79. The Bertz CT molecular complexity index is 860. The SMILES string of the molecule is Cc1[nH]ncc1C1CCN(C(=O)Cc2ccc(-n3cnnc3)cc2)CC1. The van der Waals surface area contributed by atoms with Crippen molar-refractivity contribution in [2.75, 3.05) is 13.1 Å². The molecule has 1 amide bonds. The summed E-state index contributed by atoms with van der Waals surface area (Å²) in [6.07, 6.45) is 7.68. The van der Waals surface area contributed by atoms with E-state index >= 15 is 0 Å². The molecular weight excluding hydrogens is 328 g/mol. The molecule has 0 atom stereocenters. The molecule has 134 valence electrons. The molecule has 26 heavy (non-hydrogen) atoms. The van der Waals surface area contributed by atoms with E-state index in [9.17, 15) is 4.79 Å². The monoisotopic (exact) mass is 350 g/mol. The average Bonchev–Trinajstić information content (AvgIpc) is 3.34. The molecule has 3 aromatic rings. The number of nitrogens with zero attached hydrogens (tertiary/aromatic N) is 5. The van der Waals surface area contributed by atoms with Crippen molar-refractivity contribution in [2.24, 2.45) is 0 Å². The highest BCUT2D eigenvalue weighted by Crippen LogP contribution is 2.29. The Morgan fingerprint density at radius 1 is 1.15 bits per heavy atom. The van der Waals surface area contributed by atoms with Gasteiger partial charge in [0.15, 0.2) is 0 Å². The minimum absolute atomic E-state index is 0.199. The van der Waals surface area contributed by atoms with Crippen LogP contribution in [0, 0.1) is 6.92 Å². The Balaban J connectivity index is 1.33. The summed E-state index contributed by atoms with van der Waals surface area (Å²) in [7, 11) is 0. The number of likely N-dealkylation sites (tertiary alicyclic amines) is 1. The molecule has 3 heterocycles. The van der Waals surface area contributed by atoms with E-state index in [0.717, 1.165) is 42.9 Å². The molecular formula is C19H22N6O. The lowest BCUT2D eigenvalue weighted by molar-refractivity contribution is -0.131. The normalized spacial score (nSPS) is 15.3. The average molecular weight is 350 g/mol. The number of carbonyl (C=O) groups excluding carboxylic acids is 1. The molecule has 0 bridgehead atoms. The van der Waals surface area contributed by atoms with Gasteiger partial charge in [-0.2, -0.15) is 5.10 Å². The van der Waals surface area contributed by atoms with Crippen LogP contribution in [0.15, 0.2) is 43.1 Å². The summed E-state index contributed by atoms with van der Waals surface area (Å²) in [5.74, 6) is 0.699. The molecule has 0 radical (unpaired) electrons. The van der Waals surface area contributed by atoms with Gasteiger partial charge in [-0.1, -0.05) is 12.1 Å². The van der Waals surface area contributed by atoms with Gasteiger partial charge in [-0.05, 0) is 48.9 Å². The van der Waals surface area contributed by atoms with Crippen LogP contribution in [0.1, 0.15) is 35.6 Å². The Hall–Kier alpha value is -2.96.